The molecule has 2 heterocycles. The Morgan fingerprint density at radius 2 is 2.00 bits per heavy atom. The first-order valence-electron chi connectivity index (χ1n) is 8.34. The summed E-state index contributed by atoms with van der Waals surface area (Å²) in [5.74, 6) is -0.830. The van der Waals surface area contributed by atoms with E-state index in [1.165, 1.54) is 0 Å². The number of piperidine rings is 1. The fraction of sp³-hybridized carbons (Fsp3) is 0.471. The molecule has 1 aromatic heterocycles. The summed E-state index contributed by atoms with van der Waals surface area (Å²) in [5, 5.41) is 6.93. The van der Waals surface area contributed by atoms with Crippen molar-refractivity contribution in [3.8, 4) is 0 Å². The lowest BCUT2D eigenvalue weighted by atomic mass is 10.0. The average Bonchev–Trinajstić information content (AvgIpc) is 3.05. The van der Waals surface area contributed by atoms with E-state index >= 15 is 0 Å². The average molecular weight is 363 g/mol. The van der Waals surface area contributed by atoms with E-state index in [1.54, 1.807) is 4.90 Å². The summed E-state index contributed by atoms with van der Waals surface area (Å²) in [6.07, 6.45) is 3.20. The first-order chi connectivity index (χ1) is 12.0. The van der Waals surface area contributed by atoms with Gasteiger partial charge in [-0.15, -0.1) is 5.10 Å². The number of carbonyl (C=O) groups excluding carboxylic acids is 1. The Morgan fingerprint density at radius 1 is 1.24 bits per heavy atom. The summed E-state index contributed by atoms with van der Waals surface area (Å²) in [6, 6.07) is 9.48. The van der Waals surface area contributed by atoms with Crippen LogP contribution in [0.5, 0.6) is 0 Å². The normalized spacial score (nSPS) is 18.3. The fourth-order valence-electron chi connectivity index (χ4n) is 2.98. The minimum atomic E-state index is -3.94. The van der Waals surface area contributed by atoms with Crippen molar-refractivity contribution in [1.82, 2.24) is 15.1 Å². The highest BCUT2D eigenvalue weighted by atomic mass is 32.2. The molecule has 8 heteroatoms. The molecule has 3 rings (SSSR count). The number of rotatable bonds is 5. The van der Waals surface area contributed by atoms with Gasteiger partial charge in [0.25, 0.3) is 0 Å². The van der Waals surface area contributed by atoms with Crippen molar-refractivity contribution in [3.63, 3.8) is 0 Å². The smallest absolute Gasteiger partial charge is 0.336 e. The van der Waals surface area contributed by atoms with E-state index in [-0.39, 0.29) is 11.9 Å². The highest BCUT2D eigenvalue weighted by Gasteiger charge is 2.31. The third kappa shape index (κ3) is 4.25. The van der Waals surface area contributed by atoms with E-state index in [9.17, 15) is 13.2 Å². The quantitative estimate of drug-likeness (QED) is 0.805. The second-order valence-electron chi connectivity index (χ2n) is 6.32. The van der Waals surface area contributed by atoms with E-state index in [4.69, 9.17) is 4.42 Å². The summed E-state index contributed by atoms with van der Waals surface area (Å²) in [7, 11) is -3.94. The van der Waals surface area contributed by atoms with Crippen LogP contribution >= 0.6 is 0 Å². The molecule has 0 saturated carbocycles. The Morgan fingerprint density at radius 3 is 2.72 bits per heavy atom. The molecular weight excluding hydrogens is 342 g/mol. The van der Waals surface area contributed by atoms with E-state index in [2.05, 4.69) is 10.2 Å². The number of likely N-dealkylation sites (tertiary alicyclic amines) is 1. The van der Waals surface area contributed by atoms with Crippen molar-refractivity contribution >= 4 is 15.7 Å². The highest BCUT2D eigenvalue weighted by molar-refractivity contribution is 7.91. The van der Waals surface area contributed by atoms with Gasteiger partial charge in [-0.05, 0) is 31.7 Å². The number of hydrogen-bond acceptors (Lipinski definition) is 6. The molecule has 1 saturated heterocycles. The van der Waals surface area contributed by atoms with Crippen molar-refractivity contribution in [3.05, 3.63) is 41.8 Å². The van der Waals surface area contributed by atoms with Crippen LogP contribution in [0.3, 0.4) is 0 Å². The van der Waals surface area contributed by atoms with Crippen LogP contribution in [0.2, 0.25) is 0 Å². The molecule has 0 N–H and O–H groups in total. The molecule has 7 nitrogen and oxygen atoms in total. The summed E-state index contributed by atoms with van der Waals surface area (Å²) in [4.78, 5) is 14.0. The van der Waals surface area contributed by atoms with Gasteiger partial charge in [0.15, 0.2) is 0 Å². The molecule has 1 fully saturated rings. The van der Waals surface area contributed by atoms with Crippen LogP contribution in [0.15, 0.2) is 40.0 Å². The number of hydrogen-bond donors (Lipinski definition) is 0. The van der Waals surface area contributed by atoms with Crippen molar-refractivity contribution in [1.29, 1.82) is 0 Å². The van der Waals surface area contributed by atoms with Crippen LogP contribution < -0.4 is 0 Å². The van der Waals surface area contributed by atoms with E-state index in [0.717, 1.165) is 24.8 Å². The molecule has 1 aliphatic rings. The van der Waals surface area contributed by atoms with E-state index in [1.807, 2.05) is 37.3 Å². The molecule has 1 unspecified atom stereocenters. The predicted molar refractivity (Wildman–Crippen MR) is 90.6 cm³/mol. The molecule has 0 spiro atoms. The van der Waals surface area contributed by atoms with Crippen LogP contribution in [-0.4, -0.2) is 47.8 Å². The number of benzene rings is 1. The van der Waals surface area contributed by atoms with Gasteiger partial charge in [-0.25, -0.2) is 8.42 Å². The molecule has 25 heavy (non-hydrogen) atoms. The third-order valence-electron chi connectivity index (χ3n) is 4.35. The lowest BCUT2D eigenvalue weighted by Gasteiger charge is -2.33. The monoisotopic (exact) mass is 363 g/mol. The number of amides is 1. The molecule has 0 aliphatic carbocycles. The van der Waals surface area contributed by atoms with Gasteiger partial charge < -0.3 is 9.32 Å². The van der Waals surface area contributed by atoms with Crippen LogP contribution in [0.4, 0.5) is 0 Å². The number of sulfone groups is 1. The molecule has 1 amide bonds. The summed E-state index contributed by atoms with van der Waals surface area (Å²) in [5.41, 5.74) is 0.938. The maximum Gasteiger partial charge on any atom is 0.336 e. The molecule has 1 atom stereocenters. The largest absolute Gasteiger partial charge is 0.412 e. The fourth-order valence-corrected chi connectivity index (χ4v) is 3.98. The zero-order chi connectivity index (χ0) is 17.9. The highest BCUT2D eigenvalue weighted by Crippen LogP contribution is 2.19. The van der Waals surface area contributed by atoms with Crippen LogP contribution in [0.25, 0.3) is 0 Å². The van der Waals surface area contributed by atoms with Gasteiger partial charge in [-0.2, -0.15) is 0 Å². The van der Waals surface area contributed by atoms with E-state index < -0.39 is 26.7 Å². The van der Waals surface area contributed by atoms with Gasteiger partial charge in [0, 0.05) is 12.6 Å². The Balaban J connectivity index is 1.69. The number of aromatic nitrogens is 2. The first-order valence-corrected chi connectivity index (χ1v) is 9.99. The minimum Gasteiger partial charge on any atom is -0.412 e. The van der Waals surface area contributed by atoms with Crippen LogP contribution in [0.1, 0.15) is 37.6 Å². The Bertz CT molecular complexity index is 833. The summed E-state index contributed by atoms with van der Waals surface area (Å²) in [6.45, 7) is 2.53. The molecule has 134 valence electrons. The summed E-state index contributed by atoms with van der Waals surface area (Å²) < 4.78 is 30.1. The van der Waals surface area contributed by atoms with Gasteiger partial charge in [-0.3, -0.25) is 4.79 Å². The SMILES string of the molecule is CC1CCCCN1C(=O)CS(=O)(=O)c1nnc(Cc2ccccc2)o1. The van der Waals surface area contributed by atoms with Gasteiger partial charge in [0.1, 0.15) is 5.75 Å². The van der Waals surface area contributed by atoms with Crippen molar-refractivity contribution in [2.45, 2.75) is 43.9 Å². The molecule has 2 aromatic rings. The molecule has 1 aliphatic heterocycles. The lowest BCUT2D eigenvalue weighted by Crippen LogP contribution is -2.44. The van der Waals surface area contributed by atoms with Crippen molar-refractivity contribution in [2.75, 3.05) is 12.3 Å². The molecular formula is C17H21N3O4S. The van der Waals surface area contributed by atoms with Crippen LogP contribution in [-0.2, 0) is 21.1 Å². The Kier molecular flexibility index (Phi) is 5.17. The number of nitrogens with zero attached hydrogens (tertiary/aromatic N) is 3. The maximum absolute atomic E-state index is 12.4. The summed E-state index contributed by atoms with van der Waals surface area (Å²) >= 11 is 0. The number of carbonyl (C=O) groups is 1. The van der Waals surface area contributed by atoms with Gasteiger partial charge in [-0.1, -0.05) is 35.4 Å². The van der Waals surface area contributed by atoms with Gasteiger partial charge >= 0.3 is 5.22 Å². The van der Waals surface area contributed by atoms with Crippen LogP contribution in [0, 0.1) is 0 Å². The molecule has 0 bridgehead atoms. The topological polar surface area (TPSA) is 93.4 Å². The predicted octanol–water partition coefficient (Wildman–Crippen LogP) is 1.84. The molecule has 0 radical (unpaired) electrons. The second-order valence-corrected chi connectivity index (χ2v) is 8.18. The second kappa shape index (κ2) is 7.35. The Labute approximate surface area is 147 Å². The Hall–Kier alpha value is -2.22. The van der Waals surface area contributed by atoms with Gasteiger partial charge in [0.05, 0.1) is 6.42 Å². The van der Waals surface area contributed by atoms with E-state index in [0.29, 0.717) is 13.0 Å². The van der Waals surface area contributed by atoms with Gasteiger partial charge in [0.2, 0.25) is 21.6 Å². The lowest BCUT2D eigenvalue weighted by molar-refractivity contribution is -0.131. The van der Waals surface area contributed by atoms with Crippen molar-refractivity contribution in [2.24, 2.45) is 0 Å². The maximum atomic E-state index is 12.4. The third-order valence-corrected chi connectivity index (χ3v) is 5.67. The molecule has 1 aromatic carbocycles. The minimum absolute atomic E-state index is 0.0628. The standard InChI is InChI=1S/C17H21N3O4S/c1-13-7-5-6-10-20(13)16(21)12-25(22,23)17-19-18-15(24-17)11-14-8-3-2-4-9-14/h2-4,8-9,13H,5-7,10-12H2,1H3. The zero-order valence-electron chi connectivity index (χ0n) is 14.1. The zero-order valence-corrected chi connectivity index (χ0v) is 14.9. The first kappa shape index (κ1) is 17.6. The van der Waals surface area contributed by atoms with Crippen molar-refractivity contribution < 1.29 is 17.6 Å².